The second-order valence-corrected chi connectivity index (χ2v) is 12.1. The number of hydrogen-bond acceptors (Lipinski definition) is 6. The first-order valence-electron chi connectivity index (χ1n) is 16.7. The zero-order chi connectivity index (χ0) is 33.4. The number of unbranched alkanes of at least 4 members (excludes halogenated alkanes) is 11. The van der Waals surface area contributed by atoms with Gasteiger partial charge in [-0.2, -0.15) is 0 Å². The number of nitrogens with zero attached hydrogens (tertiary/aromatic N) is 1. The number of nitro benzene ring substituents is 1. The Morgan fingerprint density at radius 1 is 0.787 bits per heavy atom. The van der Waals surface area contributed by atoms with E-state index < -0.39 is 10.8 Å². The fourth-order valence-corrected chi connectivity index (χ4v) is 5.75. The van der Waals surface area contributed by atoms with Crippen LogP contribution in [-0.4, -0.2) is 22.5 Å². The highest BCUT2D eigenvalue weighted by molar-refractivity contribution is 6.17. The average molecular weight is 661 g/mol. The lowest BCUT2D eigenvalue weighted by molar-refractivity contribution is -0.385. The number of nitrogens with one attached hydrogen (secondary N) is 1. The Hall–Kier alpha value is -4.30. The van der Waals surface area contributed by atoms with E-state index >= 15 is 0 Å². The van der Waals surface area contributed by atoms with Crippen LogP contribution >= 0.6 is 11.6 Å². The number of benzene rings is 4. The van der Waals surface area contributed by atoms with Gasteiger partial charge in [-0.05, 0) is 36.2 Å². The third-order valence-electron chi connectivity index (χ3n) is 8.21. The van der Waals surface area contributed by atoms with E-state index in [-0.39, 0.29) is 34.4 Å². The second-order valence-electron chi connectivity index (χ2n) is 11.8. The van der Waals surface area contributed by atoms with Gasteiger partial charge in [-0.3, -0.25) is 14.9 Å². The molecule has 9 heteroatoms. The third kappa shape index (κ3) is 10.3. The summed E-state index contributed by atoms with van der Waals surface area (Å²) >= 11 is 5.88. The number of amides is 1. The van der Waals surface area contributed by atoms with E-state index in [1.165, 1.54) is 82.4 Å². The van der Waals surface area contributed by atoms with Gasteiger partial charge < -0.3 is 19.9 Å². The minimum atomic E-state index is -0.577. The molecule has 0 radical (unpaired) electrons. The van der Waals surface area contributed by atoms with E-state index in [2.05, 4.69) is 12.2 Å². The summed E-state index contributed by atoms with van der Waals surface area (Å²) in [6.07, 6.45) is 15.1. The van der Waals surface area contributed by atoms with Crippen LogP contribution in [0.4, 0.5) is 11.4 Å². The van der Waals surface area contributed by atoms with Crippen molar-refractivity contribution in [2.24, 2.45) is 0 Å². The molecule has 0 aliphatic carbocycles. The van der Waals surface area contributed by atoms with Gasteiger partial charge >= 0.3 is 5.69 Å². The van der Waals surface area contributed by atoms with Crippen molar-refractivity contribution < 1.29 is 24.3 Å². The van der Waals surface area contributed by atoms with Crippen molar-refractivity contribution in [1.29, 1.82) is 0 Å². The number of hydrogen-bond donors (Lipinski definition) is 2. The highest BCUT2D eigenvalue weighted by Crippen LogP contribution is 2.41. The number of phenols is 1. The second kappa shape index (κ2) is 18.7. The summed E-state index contributed by atoms with van der Waals surface area (Å²) in [4.78, 5) is 24.8. The number of ether oxygens (including phenoxy) is 2. The first-order valence-corrected chi connectivity index (χ1v) is 17.3. The van der Waals surface area contributed by atoms with E-state index in [4.69, 9.17) is 21.1 Å². The molecule has 0 heterocycles. The molecule has 250 valence electrons. The maximum atomic E-state index is 13.6. The molecule has 0 unspecified atom stereocenters. The Kier molecular flexibility index (Phi) is 14.2. The third-order valence-corrected chi connectivity index (χ3v) is 8.52. The van der Waals surface area contributed by atoms with Crippen molar-refractivity contribution in [1.82, 2.24) is 0 Å². The Morgan fingerprint density at radius 2 is 1.40 bits per heavy atom. The maximum Gasteiger partial charge on any atom is 0.311 e. The Morgan fingerprint density at radius 3 is 2.06 bits per heavy atom. The number of carbonyl (C=O) groups is 1. The molecule has 0 fully saturated rings. The summed E-state index contributed by atoms with van der Waals surface area (Å²) in [5.41, 5.74) is 0.736. The molecule has 4 aromatic carbocycles. The molecule has 8 nitrogen and oxygen atoms in total. The van der Waals surface area contributed by atoms with Gasteiger partial charge in [-0.15, -0.1) is 11.6 Å². The Bertz CT molecular complexity index is 1630. The predicted molar refractivity (Wildman–Crippen MR) is 189 cm³/mol. The average Bonchev–Trinajstić information content (AvgIpc) is 3.08. The molecule has 0 aliphatic rings. The predicted octanol–water partition coefficient (Wildman–Crippen LogP) is 11.3. The van der Waals surface area contributed by atoms with Gasteiger partial charge in [-0.25, -0.2) is 0 Å². The van der Waals surface area contributed by atoms with Crippen LogP contribution in [0.1, 0.15) is 99.9 Å². The standard InChI is InChI=1S/C38H45ClN2O6/c1-2-3-4-5-6-7-8-9-10-11-12-17-24-46-34-21-16-15-20-32(34)40-38(43)31-26-36(29-18-13-14-19-30(29)37(31)42)47-35-23-22-28(27-39)25-33(35)41(44)45/h13-16,18-23,25-26,42H,2-12,17,24,27H2,1H3,(H,40,43). The zero-order valence-electron chi connectivity index (χ0n) is 27.1. The van der Waals surface area contributed by atoms with Gasteiger partial charge in [0, 0.05) is 22.7 Å². The number of carbonyl (C=O) groups excluding carboxylic acids is 1. The van der Waals surface area contributed by atoms with Gasteiger partial charge in [0.05, 0.1) is 22.8 Å². The van der Waals surface area contributed by atoms with E-state index in [9.17, 15) is 20.0 Å². The van der Waals surface area contributed by atoms with Gasteiger partial charge in [0.25, 0.3) is 5.91 Å². The number of anilines is 1. The quantitative estimate of drug-likeness (QED) is 0.0422. The SMILES string of the molecule is CCCCCCCCCCCCCCOc1ccccc1NC(=O)c1cc(Oc2ccc(CCl)cc2[N+](=O)[O-])c2ccccc2c1O. The minimum absolute atomic E-state index is 0.0115. The summed E-state index contributed by atoms with van der Waals surface area (Å²) in [7, 11) is 0. The van der Waals surface area contributed by atoms with Crippen LogP contribution in [0.2, 0.25) is 0 Å². The smallest absolute Gasteiger partial charge is 0.311 e. The molecule has 0 aliphatic heterocycles. The minimum Gasteiger partial charge on any atom is -0.506 e. The number of phenolic OH excluding ortho intramolecular Hbond substituents is 1. The molecule has 2 N–H and O–H groups in total. The Labute approximate surface area is 282 Å². The molecule has 1 amide bonds. The molecule has 4 aromatic rings. The first-order chi connectivity index (χ1) is 22.9. The van der Waals surface area contributed by atoms with Gasteiger partial charge in [-0.1, -0.05) is 120 Å². The fraction of sp³-hybridized carbons (Fsp3) is 0.395. The largest absolute Gasteiger partial charge is 0.506 e. The van der Waals surface area contributed by atoms with Crippen LogP contribution in [0.3, 0.4) is 0 Å². The maximum absolute atomic E-state index is 13.6. The number of fused-ring (bicyclic) bond motifs is 1. The zero-order valence-corrected chi connectivity index (χ0v) is 27.9. The lowest BCUT2D eigenvalue weighted by Crippen LogP contribution is -2.14. The summed E-state index contributed by atoms with van der Waals surface area (Å²) in [6.45, 7) is 2.78. The topological polar surface area (TPSA) is 111 Å². The monoisotopic (exact) mass is 660 g/mol. The van der Waals surface area contributed by atoms with Gasteiger partial charge in [0.2, 0.25) is 5.75 Å². The fourth-order valence-electron chi connectivity index (χ4n) is 5.59. The number of para-hydroxylation sites is 2. The number of rotatable bonds is 20. The van der Waals surface area contributed by atoms with Crippen molar-refractivity contribution in [3.05, 3.63) is 94.0 Å². The van der Waals surface area contributed by atoms with E-state index in [1.54, 1.807) is 48.5 Å². The first kappa shape index (κ1) is 35.6. The van der Waals surface area contributed by atoms with Crippen LogP contribution in [0.25, 0.3) is 10.8 Å². The van der Waals surface area contributed by atoms with Crippen molar-refractivity contribution in [2.75, 3.05) is 11.9 Å². The van der Waals surface area contributed by atoms with Crippen molar-refractivity contribution in [3.63, 3.8) is 0 Å². The van der Waals surface area contributed by atoms with Gasteiger partial charge in [0.1, 0.15) is 17.2 Å². The molecule has 4 rings (SSSR count). The van der Waals surface area contributed by atoms with Crippen molar-refractivity contribution in [2.45, 2.75) is 89.9 Å². The Balaban J connectivity index is 1.38. The van der Waals surface area contributed by atoms with E-state index in [1.807, 2.05) is 6.07 Å². The van der Waals surface area contributed by atoms with E-state index in [0.717, 1.165) is 12.8 Å². The highest BCUT2D eigenvalue weighted by atomic mass is 35.5. The summed E-state index contributed by atoms with van der Waals surface area (Å²) in [5.74, 6) is 0.0110. The lowest BCUT2D eigenvalue weighted by Gasteiger charge is -2.16. The molecule has 0 spiro atoms. The summed E-state index contributed by atoms with van der Waals surface area (Å²) in [6, 6.07) is 19.9. The van der Waals surface area contributed by atoms with E-state index in [0.29, 0.717) is 34.4 Å². The normalized spacial score (nSPS) is 11.0. The molecule has 47 heavy (non-hydrogen) atoms. The van der Waals surface area contributed by atoms with Crippen LogP contribution in [0.5, 0.6) is 23.0 Å². The molecular weight excluding hydrogens is 616 g/mol. The number of alkyl halides is 1. The van der Waals surface area contributed by atoms with Crippen LogP contribution in [0, 0.1) is 10.1 Å². The summed E-state index contributed by atoms with van der Waals surface area (Å²) < 4.78 is 12.1. The summed E-state index contributed by atoms with van der Waals surface area (Å²) in [5, 5.41) is 26.6. The molecule has 0 saturated carbocycles. The molecule has 0 aromatic heterocycles. The molecule has 0 bridgehead atoms. The number of halogens is 1. The van der Waals surface area contributed by atoms with Crippen molar-refractivity contribution in [3.8, 4) is 23.0 Å². The molecular formula is C38H45ClN2O6. The number of nitro groups is 1. The van der Waals surface area contributed by atoms with Crippen LogP contribution in [0.15, 0.2) is 72.8 Å². The van der Waals surface area contributed by atoms with Gasteiger partial charge in [0.15, 0.2) is 0 Å². The molecule has 0 atom stereocenters. The van der Waals surface area contributed by atoms with Crippen molar-refractivity contribution >= 4 is 39.7 Å². The van der Waals surface area contributed by atoms with Crippen LogP contribution in [-0.2, 0) is 5.88 Å². The molecule has 0 saturated heterocycles. The highest BCUT2D eigenvalue weighted by Gasteiger charge is 2.22. The lowest BCUT2D eigenvalue weighted by atomic mass is 10.0. The van der Waals surface area contributed by atoms with Crippen LogP contribution < -0.4 is 14.8 Å². The number of aromatic hydroxyl groups is 1.